The lowest BCUT2D eigenvalue weighted by molar-refractivity contribution is -0.128. The van der Waals surface area contributed by atoms with Crippen molar-refractivity contribution in [1.29, 1.82) is 0 Å². The number of nitrogens with zero attached hydrogens (tertiary/aromatic N) is 7. The van der Waals surface area contributed by atoms with Gasteiger partial charge in [-0.3, -0.25) is 9.69 Å². The highest BCUT2D eigenvalue weighted by molar-refractivity contribution is 5.97. The summed E-state index contributed by atoms with van der Waals surface area (Å²) in [6.07, 6.45) is 7.50. The summed E-state index contributed by atoms with van der Waals surface area (Å²) in [5, 5.41) is 2.53. The smallest absolute Gasteiger partial charge is 0.318 e. The minimum absolute atomic E-state index is 0.0456. The SMILES string of the molecule is [C-]#[N+]CC1CN(c2nc(O[C@@H](C)CN(CC3CC3)CC3CC3)nc3c2CCN(c2cccc4cccc(C)c24)C3)CCN1C(=O)C=C. The minimum Gasteiger partial charge on any atom is -0.459 e. The van der Waals surface area contributed by atoms with E-state index >= 15 is 0 Å². The van der Waals surface area contributed by atoms with Crippen LogP contribution in [-0.4, -0.2) is 90.2 Å². The second-order valence-corrected chi connectivity index (χ2v) is 14.1. The molecule has 2 aromatic carbocycles. The largest absolute Gasteiger partial charge is 0.459 e. The molecule has 47 heavy (non-hydrogen) atoms. The molecule has 2 saturated carbocycles. The number of aryl methyl sites for hydroxylation is 1. The number of rotatable bonds is 12. The van der Waals surface area contributed by atoms with Crippen molar-refractivity contribution in [1.82, 2.24) is 19.8 Å². The van der Waals surface area contributed by atoms with E-state index in [1.54, 1.807) is 4.90 Å². The fourth-order valence-corrected chi connectivity index (χ4v) is 7.53. The molecule has 0 bridgehead atoms. The molecule has 1 amide bonds. The van der Waals surface area contributed by atoms with E-state index in [2.05, 4.69) is 76.4 Å². The lowest BCUT2D eigenvalue weighted by atomic mass is 9.99. The van der Waals surface area contributed by atoms with Crippen LogP contribution in [0.4, 0.5) is 11.5 Å². The zero-order valence-corrected chi connectivity index (χ0v) is 27.9. The molecule has 0 spiro atoms. The van der Waals surface area contributed by atoms with Crippen LogP contribution in [0.2, 0.25) is 0 Å². The Kier molecular flexibility index (Phi) is 9.05. The molecule has 0 N–H and O–H groups in total. The zero-order chi connectivity index (χ0) is 32.5. The third-order valence-electron chi connectivity index (χ3n) is 10.2. The van der Waals surface area contributed by atoms with Crippen molar-refractivity contribution in [2.75, 3.05) is 62.2 Å². The van der Waals surface area contributed by atoms with Gasteiger partial charge in [0.05, 0.1) is 12.2 Å². The Morgan fingerprint density at radius 2 is 1.83 bits per heavy atom. The lowest BCUT2D eigenvalue weighted by Crippen LogP contribution is -2.56. The maximum Gasteiger partial charge on any atom is 0.318 e. The summed E-state index contributed by atoms with van der Waals surface area (Å²) < 4.78 is 6.59. The standard InChI is InChI=1S/C38H47N7O2/c1-5-35(46)45-19-18-44(24-31(45)20-39-4)37-32-16-17-43(34-11-7-10-30-9-6-8-26(2)36(30)34)25-33(32)40-38(41-37)47-27(3)21-42(22-28-12-13-28)23-29-14-15-29/h5-11,27-29,31H,1,12-25H2,2-3H3/t27-,31?/m0/s1. The zero-order valence-electron chi connectivity index (χ0n) is 27.9. The molecule has 3 heterocycles. The van der Waals surface area contributed by atoms with E-state index in [1.807, 2.05) is 0 Å². The number of amides is 1. The lowest BCUT2D eigenvalue weighted by Gasteiger charge is -2.41. The number of benzene rings is 2. The van der Waals surface area contributed by atoms with Gasteiger partial charge in [-0.2, -0.15) is 9.97 Å². The van der Waals surface area contributed by atoms with Gasteiger partial charge < -0.3 is 24.3 Å². The van der Waals surface area contributed by atoms with E-state index in [1.165, 1.54) is 53.8 Å². The Balaban J connectivity index is 1.19. The van der Waals surface area contributed by atoms with Crippen LogP contribution >= 0.6 is 0 Å². The molecule has 2 atom stereocenters. The highest BCUT2D eigenvalue weighted by atomic mass is 16.5. The molecule has 9 nitrogen and oxygen atoms in total. The first-order valence-corrected chi connectivity index (χ1v) is 17.4. The van der Waals surface area contributed by atoms with Gasteiger partial charge in [-0.05, 0) is 80.9 Å². The van der Waals surface area contributed by atoms with Gasteiger partial charge in [0.2, 0.25) is 12.5 Å². The molecule has 1 saturated heterocycles. The molecule has 9 heteroatoms. The summed E-state index contributed by atoms with van der Waals surface area (Å²) in [5.41, 5.74) is 4.64. The molecule has 4 aliphatic rings. The summed E-state index contributed by atoms with van der Waals surface area (Å²) in [6, 6.07) is 13.2. The maximum atomic E-state index is 12.7. The van der Waals surface area contributed by atoms with E-state index in [0.29, 0.717) is 32.2 Å². The second-order valence-electron chi connectivity index (χ2n) is 14.1. The molecule has 1 unspecified atom stereocenters. The molecule has 7 rings (SSSR count). The predicted octanol–water partition coefficient (Wildman–Crippen LogP) is 5.51. The number of hydrogen-bond donors (Lipinski definition) is 0. The summed E-state index contributed by atoms with van der Waals surface area (Å²) in [4.78, 5) is 35.6. The van der Waals surface area contributed by atoms with Gasteiger partial charge in [0, 0.05) is 62.5 Å². The highest BCUT2D eigenvalue weighted by Gasteiger charge is 2.35. The van der Waals surface area contributed by atoms with Crippen LogP contribution in [0.5, 0.6) is 6.01 Å². The number of piperazine rings is 1. The van der Waals surface area contributed by atoms with Crippen molar-refractivity contribution in [3.8, 4) is 6.01 Å². The Morgan fingerprint density at radius 1 is 1.09 bits per heavy atom. The summed E-state index contributed by atoms with van der Waals surface area (Å²) in [5.74, 6) is 2.45. The predicted molar refractivity (Wildman–Crippen MR) is 187 cm³/mol. The molecule has 3 aromatic rings. The fraction of sp³-hybridized carbons (Fsp3) is 0.526. The summed E-state index contributed by atoms with van der Waals surface area (Å²) >= 11 is 0. The number of anilines is 2. The topological polar surface area (TPSA) is 69.4 Å². The maximum absolute atomic E-state index is 12.7. The molecule has 3 fully saturated rings. The summed E-state index contributed by atoms with van der Waals surface area (Å²) in [6.45, 7) is 22.3. The van der Waals surface area contributed by atoms with E-state index in [9.17, 15) is 4.79 Å². The molecule has 1 aromatic heterocycles. The number of hydrogen-bond acceptors (Lipinski definition) is 7. The molecular weight excluding hydrogens is 586 g/mol. The van der Waals surface area contributed by atoms with Gasteiger partial charge in [0.1, 0.15) is 18.0 Å². The average molecular weight is 634 g/mol. The van der Waals surface area contributed by atoms with Crippen LogP contribution in [0, 0.1) is 25.3 Å². The Morgan fingerprint density at radius 3 is 2.53 bits per heavy atom. The fourth-order valence-electron chi connectivity index (χ4n) is 7.53. The minimum atomic E-state index is -0.224. The van der Waals surface area contributed by atoms with Crippen LogP contribution in [0.25, 0.3) is 15.6 Å². The van der Waals surface area contributed by atoms with E-state index < -0.39 is 0 Å². The molecule has 0 radical (unpaired) electrons. The van der Waals surface area contributed by atoms with Gasteiger partial charge >= 0.3 is 6.01 Å². The Bertz CT molecular complexity index is 1660. The van der Waals surface area contributed by atoms with E-state index in [-0.39, 0.29) is 24.6 Å². The highest BCUT2D eigenvalue weighted by Crippen LogP contribution is 2.37. The van der Waals surface area contributed by atoms with Crippen LogP contribution in [-0.2, 0) is 17.8 Å². The quantitative estimate of drug-likeness (QED) is 0.192. The third kappa shape index (κ3) is 7.08. The van der Waals surface area contributed by atoms with Gasteiger partial charge in [-0.1, -0.05) is 36.9 Å². The van der Waals surface area contributed by atoms with Gasteiger partial charge in [0.15, 0.2) is 0 Å². The van der Waals surface area contributed by atoms with Crippen molar-refractivity contribution in [3.05, 3.63) is 77.3 Å². The number of carbonyl (C=O) groups is 1. The molecule has 246 valence electrons. The van der Waals surface area contributed by atoms with Crippen molar-refractivity contribution in [2.24, 2.45) is 11.8 Å². The Hall–Kier alpha value is -4.16. The first-order valence-electron chi connectivity index (χ1n) is 17.4. The average Bonchev–Trinajstić information content (AvgIpc) is 4.02. The first kappa shape index (κ1) is 31.4. The molecule has 2 aliphatic carbocycles. The second kappa shape index (κ2) is 13.5. The van der Waals surface area contributed by atoms with Gasteiger partial charge in [0.25, 0.3) is 0 Å². The third-order valence-corrected chi connectivity index (χ3v) is 10.2. The first-order chi connectivity index (χ1) is 22.9. The van der Waals surface area contributed by atoms with E-state index in [4.69, 9.17) is 21.3 Å². The van der Waals surface area contributed by atoms with E-state index in [0.717, 1.165) is 61.5 Å². The van der Waals surface area contributed by atoms with Crippen LogP contribution in [0.1, 0.15) is 49.4 Å². The Labute approximate surface area is 279 Å². The molecular formula is C38H47N7O2. The van der Waals surface area contributed by atoms with Crippen LogP contribution in [0.15, 0.2) is 49.1 Å². The summed E-state index contributed by atoms with van der Waals surface area (Å²) in [7, 11) is 0. The van der Waals surface area contributed by atoms with Gasteiger partial charge in [-0.15, -0.1) is 0 Å². The van der Waals surface area contributed by atoms with Crippen LogP contribution < -0.4 is 14.5 Å². The van der Waals surface area contributed by atoms with Gasteiger partial charge in [-0.25, -0.2) is 6.57 Å². The number of carbonyl (C=O) groups excluding carboxylic acids is 1. The van der Waals surface area contributed by atoms with Crippen molar-refractivity contribution in [2.45, 2.75) is 64.6 Å². The van der Waals surface area contributed by atoms with Crippen LogP contribution in [0.3, 0.4) is 0 Å². The normalized spacial score (nSPS) is 20.2. The van der Waals surface area contributed by atoms with Crippen molar-refractivity contribution in [3.63, 3.8) is 0 Å². The number of aromatic nitrogens is 2. The number of fused-ring (bicyclic) bond motifs is 2. The van der Waals surface area contributed by atoms with Crippen molar-refractivity contribution >= 4 is 28.2 Å². The van der Waals surface area contributed by atoms with Crippen molar-refractivity contribution < 1.29 is 9.53 Å². The monoisotopic (exact) mass is 633 g/mol. The molecule has 2 aliphatic heterocycles. The number of ether oxygens (including phenoxy) is 1.